The Kier molecular flexibility index (Phi) is 5.70. The van der Waals surface area contributed by atoms with Gasteiger partial charge >= 0.3 is 0 Å². The predicted molar refractivity (Wildman–Crippen MR) is 83.0 cm³/mol. The van der Waals surface area contributed by atoms with Crippen molar-refractivity contribution in [2.24, 2.45) is 5.92 Å². The van der Waals surface area contributed by atoms with Crippen LogP contribution < -0.4 is 5.32 Å². The number of nitro benzene ring substituents is 1. The number of rotatable bonds is 5. The monoisotopic (exact) mass is 327 g/mol. The molecule has 1 amide bonds. The number of carbonyl (C=O) groups excluding carboxylic acids is 1. The van der Waals surface area contributed by atoms with Crippen LogP contribution in [-0.2, 0) is 4.79 Å². The summed E-state index contributed by atoms with van der Waals surface area (Å²) >= 11 is 5.94. The van der Waals surface area contributed by atoms with E-state index in [1.54, 1.807) is 0 Å². The average molecular weight is 328 g/mol. The van der Waals surface area contributed by atoms with E-state index in [4.69, 9.17) is 16.7 Å². The highest BCUT2D eigenvalue weighted by atomic mass is 35.5. The highest BCUT2D eigenvalue weighted by molar-refractivity contribution is 6.34. The predicted octanol–water partition coefficient (Wildman–Crippen LogP) is 1.89. The topological polar surface area (TPSA) is 95.7 Å². The fourth-order valence-corrected chi connectivity index (χ4v) is 2.66. The Morgan fingerprint density at radius 1 is 1.45 bits per heavy atom. The number of hydrogen-bond acceptors (Lipinski definition) is 5. The van der Waals surface area contributed by atoms with Crippen LogP contribution >= 0.6 is 11.6 Å². The van der Waals surface area contributed by atoms with Gasteiger partial charge in [-0.1, -0.05) is 11.6 Å². The molecule has 2 N–H and O–H groups in total. The molecule has 1 saturated heterocycles. The second kappa shape index (κ2) is 7.53. The molecular formula is C14H18ClN3O4. The van der Waals surface area contributed by atoms with Crippen molar-refractivity contribution < 1.29 is 14.8 Å². The average Bonchev–Trinajstić information content (AvgIpc) is 2.50. The van der Waals surface area contributed by atoms with Crippen molar-refractivity contribution in [1.29, 1.82) is 0 Å². The molecule has 0 bridgehead atoms. The van der Waals surface area contributed by atoms with E-state index < -0.39 is 4.92 Å². The van der Waals surface area contributed by atoms with Crippen molar-refractivity contribution in [3.63, 3.8) is 0 Å². The maximum Gasteiger partial charge on any atom is 0.271 e. The van der Waals surface area contributed by atoms with Crippen molar-refractivity contribution in [3.8, 4) is 0 Å². The molecule has 0 saturated carbocycles. The number of nitrogens with zero attached hydrogens (tertiary/aromatic N) is 2. The SMILES string of the molecule is O=C(CN1CCC(CO)CC1)Nc1ccc([N+](=O)[O-])cc1Cl. The molecule has 2 rings (SSSR count). The first-order valence-corrected chi connectivity index (χ1v) is 7.44. The normalized spacial score (nSPS) is 16.5. The summed E-state index contributed by atoms with van der Waals surface area (Å²) in [5, 5.41) is 22.5. The zero-order valence-corrected chi connectivity index (χ0v) is 12.8. The first kappa shape index (κ1) is 16.7. The fraction of sp³-hybridized carbons (Fsp3) is 0.500. The van der Waals surface area contributed by atoms with E-state index in [1.165, 1.54) is 18.2 Å². The van der Waals surface area contributed by atoms with E-state index in [0.29, 0.717) is 11.6 Å². The standard InChI is InChI=1S/C14H18ClN3O4/c15-12-7-11(18(21)22)1-2-13(12)16-14(20)8-17-5-3-10(9-19)4-6-17/h1-2,7,10,19H,3-6,8-9H2,(H,16,20). The number of halogens is 1. The smallest absolute Gasteiger partial charge is 0.271 e. The van der Waals surface area contributed by atoms with Gasteiger partial charge in [-0.3, -0.25) is 19.8 Å². The number of carbonyl (C=O) groups is 1. The Hall–Kier alpha value is -1.70. The lowest BCUT2D eigenvalue weighted by molar-refractivity contribution is -0.384. The van der Waals surface area contributed by atoms with Gasteiger partial charge in [0.2, 0.25) is 5.91 Å². The zero-order chi connectivity index (χ0) is 16.1. The van der Waals surface area contributed by atoms with Crippen LogP contribution in [0.2, 0.25) is 5.02 Å². The van der Waals surface area contributed by atoms with Crippen LogP contribution in [-0.4, -0.2) is 47.1 Å². The summed E-state index contributed by atoms with van der Waals surface area (Å²) < 4.78 is 0. The van der Waals surface area contributed by atoms with Gasteiger partial charge < -0.3 is 10.4 Å². The lowest BCUT2D eigenvalue weighted by Crippen LogP contribution is -2.39. The summed E-state index contributed by atoms with van der Waals surface area (Å²) in [6.45, 7) is 1.98. The summed E-state index contributed by atoms with van der Waals surface area (Å²) in [5.41, 5.74) is 0.247. The van der Waals surface area contributed by atoms with Gasteiger partial charge in [-0.05, 0) is 37.9 Å². The molecule has 0 atom stereocenters. The van der Waals surface area contributed by atoms with Crippen LogP contribution in [0.15, 0.2) is 18.2 Å². The molecule has 1 aromatic carbocycles. The Labute approximate surface area is 133 Å². The lowest BCUT2D eigenvalue weighted by Gasteiger charge is -2.30. The third-order valence-electron chi connectivity index (χ3n) is 3.77. The minimum Gasteiger partial charge on any atom is -0.396 e. The van der Waals surface area contributed by atoms with E-state index in [0.717, 1.165) is 25.9 Å². The number of anilines is 1. The van der Waals surface area contributed by atoms with E-state index in [9.17, 15) is 14.9 Å². The minimum atomic E-state index is -0.539. The van der Waals surface area contributed by atoms with Crippen molar-refractivity contribution in [3.05, 3.63) is 33.3 Å². The summed E-state index contributed by atoms with van der Waals surface area (Å²) in [6, 6.07) is 3.94. The first-order chi connectivity index (χ1) is 10.5. The highest BCUT2D eigenvalue weighted by Crippen LogP contribution is 2.26. The molecule has 0 spiro atoms. The van der Waals surface area contributed by atoms with Gasteiger partial charge in [-0.2, -0.15) is 0 Å². The van der Waals surface area contributed by atoms with Crippen LogP contribution in [0.4, 0.5) is 11.4 Å². The molecule has 7 nitrogen and oxygen atoms in total. The third kappa shape index (κ3) is 4.40. The molecule has 1 aliphatic rings. The van der Waals surface area contributed by atoms with Crippen LogP contribution in [0.1, 0.15) is 12.8 Å². The maximum atomic E-state index is 12.0. The molecule has 1 aliphatic heterocycles. The summed E-state index contributed by atoms with van der Waals surface area (Å²) in [5.74, 6) is 0.113. The van der Waals surface area contributed by atoms with Gasteiger partial charge in [0.25, 0.3) is 5.69 Å². The molecule has 0 unspecified atom stereocenters. The van der Waals surface area contributed by atoms with Gasteiger partial charge in [0.15, 0.2) is 0 Å². The number of nitrogens with one attached hydrogen (secondary N) is 1. The molecule has 22 heavy (non-hydrogen) atoms. The van der Waals surface area contributed by atoms with Crippen molar-refractivity contribution in [2.45, 2.75) is 12.8 Å². The van der Waals surface area contributed by atoms with E-state index in [2.05, 4.69) is 5.32 Å². The van der Waals surface area contributed by atoms with E-state index >= 15 is 0 Å². The number of piperidine rings is 1. The molecule has 8 heteroatoms. The Morgan fingerprint density at radius 3 is 2.68 bits per heavy atom. The third-order valence-corrected chi connectivity index (χ3v) is 4.08. The number of hydrogen-bond donors (Lipinski definition) is 2. The molecule has 0 radical (unpaired) electrons. The number of nitro groups is 1. The van der Waals surface area contributed by atoms with Crippen LogP contribution in [0, 0.1) is 16.0 Å². The van der Waals surface area contributed by atoms with Gasteiger partial charge in [0.05, 0.1) is 22.2 Å². The largest absolute Gasteiger partial charge is 0.396 e. The van der Waals surface area contributed by atoms with Crippen LogP contribution in [0.5, 0.6) is 0 Å². The lowest BCUT2D eigenvalue weighted by atomic mass is 9.98. The Bertz CT molecular complexity index is 559. The van der Waals surface area contributed by atoms with Gasteiger partial charge in [0.1, 0.15) is 0 Å². The maximum absolute atomic E-state index is 12.0. The second-order valence-corrected chi connectivity index (χ2v) is 5.78. The number of amides is 1. The Balaban J connectivity index is 1.88. The summed E-state index contributed by atoms with van der Waals surface area (Å²) in [4.78, 5) is 24.1. The van der Waals surface area contributed by atoms with Crippen molar-refractivity contribution >= 4 is 28.9 Å². The molecule has 120 valence electrons. The quantitative estimate of drug-likeness (QED) is 0.636. The molecule has 1 fully saturated rings. The number of aliphatic hydroxyl groups excluding tert-OH is 1. The van der Waals surface area contributed by atoms with Gasteiger partial charge in [-0.15, -0.1) is 0 Å². The minimum absolute atomic E-state index is 0.117. The van der Waals surface area contributed by atoms with Gasteiger partial charge in [0, 0.05) is 18.7 Å². The molecule has 0 aromatic heterocycles. The number of aliphatic hydroxyl groups is 1. The molecule has 1 heterocycles. The first-order valence-electron chi connectivity index (χ1n) is 7.06. The van der Waals surface area contributed by atoms with Crippen molar-refractivity contribution in [2.75, 3.05) is 31.6 Å². The summed E-state index contributed by atoms with van der Waals surface area (Å²) in [6.07, 6.45) is 1.75. The fourth-order valence-electron chi connectivity index (χ4n) is 2.44. The number of non-ortho nitro benzene ring substituents is 1. The second-order valence-electron chi connectivity index (χ2n) is 5.37. The molecule has 1 aromatic rings. The van der Waals surface area contributed by atoms with Gasteiger partial charge in [-0.25, -0.2) is 0 Å². The number of benzene rings is 1. The Morgan fingerprint density at radius 2 is 2.14 bits per heavy atom. The van der Waals surface area contributed by atoms with Crippen molar-refractivity contribution in [1.82, 2.24) is 4.90 Å². The van der Waals surface area contributed by atoms with E-state index in [-0.39, 0.29) is 29.8 Å². The zero-order valence-electron chi connectivity index (χ0n) is 12.0. The number of likely N-dealkylation sites (tertiary alicyclic amines) is 1. The highest BCUT2D eigenvalue weighted by Gasteiger charge is 2.20. The van der Waals surface area contributed by atoms with Crippen LogP contribution in [0.3, 0.4) is 0 Å². The summed E-state index contributed by atoms with van der Waals surface area (Å²) in [7, 11) is 0. The molecule has 0 aliphatic carbocycles. The van der Waals surface area contributed by atoms with Crippen LogP contribution in [0.25, 0.3) is 0 Å². The van der Waals surface area contributed by atoms with E-state index in [1.807, 2.05) is 4.90 Å². The molecular weight excluding hydrogens is 310 g/mol.